The number of rotatable bonds is 5. The maximum absolute atomic E-state index is 5.65. The first kappa shape index (κ1) is 14.7. The molecule has 0 radical (unpaired) electrons. The Bertz CT molecular complexity index is 546. The third kappa shape index (κ3) is 4.47. The molecule has 0 amide bonds. The molecule has 108 valence electrons. The molecule has 0 fully saturated rings. The van der Waals surface area contributed by atoms with Crippen molar-refractivity contribution in [2.75, 3.05) is 7.11 Å². The first-order chi connectivity index (χ1) is 9.46. The summed E-state index contributed by atoms with van der Waals surface area (Å²) in [5.74, 6) is 1.52. The smallest absolute Gasteiger partial charge is 0.299 e. The van der Waals surface area contributed by atoms with Crippen molar-refractivity contribution in [1.29, 1.82) is 0 Å². The second-order valence-electron chi connectivity index (χ2n) is 5.34. The van der Waals surface area contributed by atoms with Crippen LogP contribution in [-0.4, -0.2) is 22.8 Å². The van der Waals surface area contributed by atoms with Gasteiger partial charge in [0.15, 0.2) is 0 Å². The molecule has 0 atom stereocenters. The van der Waals surface area contributed by atoms with Crippen LogP contribution in [-0.2, 0) is 6.54 Å². The van der Waals surface area contributed by atoms with Gasteiger partial charge in [0, 0.05) is 5.54 Å². The summed E-state index contributed by atoms with van der Waals surface area (Å²) in [6.45, 7) is 7.03. The molecular formula is C14H19N3O2S. The number of methoxy groups -OCH3 is 1. The summed E-state index contributed by atoms with van der Waals surface area (Å²) in [7, 11) is 1.63. The highest BCUT2D eigenvalue weighted by molar-refractivity contribution is 7.13. The Morgan fingerprint density at radius 2 is 1.75 bits per heavy atom. The highest BCUT2D eigenvalue weighted by Crippen LogP contribution is 2.26. The lowest BCUT2D eigenvalue weighted by Gasteiger charge is -2.19. The molecule has 1 aromatic heterocycles. The van der Waals surface area contributed by atoms with E-state index in [4.69, 9.17) is 9.47 Å². The lowest BCUT2D eigenvalue weighted by Crippen LogP contribution is -2.35. The lowest BCUT2D eigenvalue weighted by atomic mass is 10.1. The average Bonchev–Trinajstić information content (AvgIpc) is 2.84. The molecule has 0 aliphatic rings. The summed E-state index contributed by atoms with van der Waals surface area (Å²) in [6, 6.07) is 7.37. The van der Waals surface area contributed by atoms with Crippen molar-refractivity contribution in [2.45, 2.75) is 32.9 Å². The zero-order valence-corrected chi connectivity index (χ0v) is 13.0. The van der Waals surface area contributed by atoms with Crippen LogP contribution in [0.1, 0.15) is 25.8 Å². The minimum Gasteiger partial charge on any atom is -0.497 e. The van der Waals surface area contributed by atoms with Crippen LogP contribution in [0.4, 0.5) is 0 Å². The van der Waals surface area contributed by atoms with Gasteiger partial charge >= 0.3 is 0 Å². The first-order valence-corrected chi connectivity index (χ1v) is 7.17. The SMILES string of the molecule is COc1ccc(Oc2nnc(CNC(C)(C)C)s2)cc1. The van der Waals surface area contributed by atoms with Gasteiger partial charge in [-0.15, -0.1) is 5.10 Å². The van der Waals surface area contributed by atoms with Crippen molar-refractivity contribution in [3.05, 3.63) is 29.3 Å². The van der Waals surface area contributed by atoms with Gasteiger partial charge in [0.05, 0.1) is 13.7 Å². The van der Waals surface area contributed by atoms with Crippen molar-refractivity contribution < 1.29 is 9.47 Å². The fourth-order valence-electron chi connectivity index (χ4n) is 1.44. The molecule has 1 heterocycles. The monoisotopic (exact) mass is 293 g/mol. The molecule has 20 heavy (non-hydrogen) atoms. The third-order valence-electron chi connectivity index (χ3n) is 2.48. The van der Waals surface area contributed by atoms with Gasteiger partial charge in [-0.2, -0.15) is 0 Å². The average molecular weight is 293 g/mol. The Morgan fingerprint density at radius 1 is 1.10 bits per heavy atom. The molecule has 6 heteroatoms. The Morgan fingerprint density at radius 3 is 2.35 bits per heavy atom. The minimum atomic E-state index is 0.0582. The predicted molar refractivity (Wildman–Crippen MR) is 79.6 cm³/mol. The fourth-order valence-corrected chi connectivity index (χ4v) is 2.08. The summed E-state index contributed by atoms with van der Waals surface area (Å²) >= 11 is 1.44. The van der Waals surface area contributed by atoms with E-state index in [-0.39, 0.29) is 5.54 Å². The zero-order valence-electron chi connectivity index (χ0n) is 12.1. The van der Waals surface area contributed by atoms with E-state index in [2.05, 4.69) is 36.3 Å². The maximum Gasteiger partial charge on any atom is 0.299 e. The summed E-state index contributed by atoms with van der Waals surface area (Å²) in [5, 5.41) is 12.9. The van der Waals surface area contributed by atoms with Crippen LogP contribution in [0.3, 0.4) is 0 Å². The number of hydrogen-bond donors (Lipinski definition) is 1. The van der Waals surface area contributed by atoms with Gasteiger partial charge in [0.1, 0.15) is 16.5 Å². The largest absolute Gasteiger partial charge is 0.497 e. The van der Waals surface area contributed by atoms with Crippen LogP contribution in [0.25, 0.3) is 0 Å². The Balaban J connectivity index is 1.94. The summed E-state index contributed by atoms with van der Waals surface area (Å²) in [4.78, 5) is 0. The second-order valence-corrected chi connectivity index (χ2v) is 6.37. The molecule has 5 nitrogen and oxygen atoms in total. The summed E-state index contributed by atoms with van der Waals surface area (Å²) < 4.78 is 10.8. The second kappa shape index (κ2) is 6.19. The number of nitrogens with one attached hydrogen (secondary N) is 1. The third-order valence-corrected chi connectivity index (χ3v) is 3.28. The maximum atomic E-state index is 5.65. The van der Waals surface area contributed by atoms with Gasteiger partial charge in [-0.05, 0) is 45.0 Å². The number of benzene rings is 1. The first-order valence-electron chi connectivity index (χ1n) is 6.35. The van der Waals surface area contributed by atoms with Crippen LogP contribution in [0.15, 0.2) is 24.3 Å². The molecule has 2 rings (SSSR count). The van der Waals surface area contributed by atoms with E-state index in [0.717, 1.165) is 16.5 Å². The van der Waals surface area contributed by atoms with E-state index in [1.165, 1.54) is 11.3 Å². The highest BCUT2D eigenvalue weighted by atomic mass is 32.1. The van der Waals surface area contributed by atoms with Crippen LogP contribution >= 0.6 is 11.3 Å². The van der Waals surface area contributed by atoms with Crippen molar-refractivity contribution in [1.82, 2.24) is 15.5 Å². The number of nitrogens with zero attached hydrogens (tertiary/aromatic N) is 2. The van der Waals surface area contributed by atoms with Crippen molar-refractivity contribution in [3.8, 4) is 16.7 Å². The number of hydrogen-bond acceptors (Lipinski definition) is 6. The molecule has 2 aromatic rings. The van der Waals surface area contributed by atoms with Crippen LogP contribution < -0.4 is 14.8 Å². The van der Waals surface area contributed by atoms with Gasteiger partial charge in [0.25, 0.3) is 5.19 Å². The van der Waals surface area contributed by atoms with Crippen molar-refractivity contribution in [2.24, 2.45) is 0 Å². The topological polar surface area (TPSA) is 56.3 Å². The number of aromatic nitrogens is 2. The van der Waals surface area contributed by atoms with Crippen LogP contribution in [0.5, 0.6) is 16.7 Å². The molecule has 1 aromatic carbocycles. The molecule has 1 N–H and O–H groups in total. The molecule has 0 saturated carbocycles. The molecule has 0 spiro atoms. The Labute approximate surface area is 123 Å². The van der Waals surface area contributed by atoms with Gasteiger partial charge < -0.3 is 14.8 Å². The number of ether oxygens (including phenoxy) is 2. The Kier molecular flexibility index (Phi) is 4.57. The van der Waals surface area contributed by atoms with Crippen molar-refractivity contribution in [3.63, 3.8) is 0 Å². The molecular weight excluding hydrogens is 274 g/mol. The fraction of sp³-hybridized carbons (Fsp3) is 0.429. The minimum absolute atomic E-state index is 0.0582. The quantitative estimate of drug-likeness (QED) is 0.917. The van der Waals surface area contributed by atoms with E-state index in [0.29, 0.717) is 11.7 Å². The standard InChI is InChI=1S/C14H19N3O2S/c1-14(2,3)15-9-12-16-17-13(20-12)19-11-7-5-10(18-4)6-8-11/h5-8,15H,9H2,1-4H3. The lowest BCUT2D eigenvalue weighted by molar-refractivity contribution is 0.412. The van der Waals surface area contributed by atoms with E-state index in [1.54, 1.807) is 7.11 Å². The summed E-state index contributed by atoms with van der Waals surface area (Å²) in [6.07, 6.45) is 0. The highest BCUT2D eigenvalue weighted by Gasteiger charge is 2.12. The van der Waals surface area contributed by atoms with E-state index in [9.17, 15) is 0 Å². The van der Waals surface area contributed by atoms with Crippen LogP contribution in [0.2, 0.25) is 0 Å². The molecule has 0 saturated heterocycles. The van der Waals surface area contributed by atoms with E-state index >= 15 is 0 Å². The predicted octanol–water partition coefficient (Wildman–Crippen LogP) is 3.23. The zero-order chi connectivity index (χ0) is 14.6. The molecule has 0 unspecified atom stereocenters. The van der Waals surface area contributed by atoms with E-state index < -0.39 is 0 Å². The molecule has 0 bridgehead atoms. The van der Waals surface area contributed by atoms with Crippen LogP contribution in [0, 0.1) is 0 Å². The van der Waals surface area contributed by atoms with Gasteiger partial charge in [-0.3, -0.25) is 0 Å². The van der Waals surface area contributed by atoms with E-state index in [1.807, 2.05) is 24.3 Å². The summed E-state index contributed by atoms with van der Waals surface area (Å²) in [5.41, 5.74) is 0.0582. The van der Waals surface area contributed by atoms with Gasteiger partial charge in [-0.25, -0.2) is 0 Å². The Hall–Kier alpha value is -1.66. The molecule has 0 aliphatic heterocycles. The van der Waals surface area contributed by atoms with Gasteiger partial charge in [0.2, 0.25) is 0 Å². The normalized spacial score (nSPS) is 11.4. The molecule has 0 aliphatic carbocycles. The van der Waals surface area contributed by atoms with Gasteiger partial charge in [-0.1, -0.05) is 16.4 Å². The van der Waals surface area contributed by atoms with Crippen molar-refractivity contribution >= 4 is 11.3 Å².